The molecule has 0 spiro atoms. The second-order valence-electron chi connectivity index (χ2n) is 21.7. The Bertz CT molecular complexity index is 2310. The third-order valence-electron chi connectivity index (χ3n) is 18.9. The van der Waals surface area contributed by atoms with Crippen LogP contribution in [0.15, 0.2) is 47.6 Å². The highest BCUT2D eigenvalue weighted by atomic mass is 19.1. The van der Waals surface area contributed by atoms with Gasteiger partial charge in [0.05, 0.1) is 25.0 Å². The first-order valence-corrected chi connectivity index (χ1v) is 23.4. The molecule has 0 aliphatic heterocycles. The van der Waals surface area contributed by atoms with Crippen LogP contribution in [0, 0.1) is 57.2 Å². The summed E-state index contributed by atoms with van der Waals surface area (Å²) in [5, 5.41) is 47.4. The molecule has 0 amide bonds. The number of halogens is 2. The van der Waals surface area contributed by atoms with Crippen molar-refractivity contribution in [2.45, 2.75) is 140 Å². The fraction of sp³-hybridized carbons (Fsp3) is 0.700. The summed E-state index contributed by atoms with van der Waals surface area (Å²) in [6, 6.07) is 0. The summed E-state index contributed by atoms with van der Waals surface area (Å²) in [7, 11) is 0. The standard InChI is InChI=1S/C50H62F2O15/c1-26-17-34-32-9-7-28-19-30(53)13-15-43(28,3)47(32,51)36(55)21-45(34,5)49(26,62)38(57)23-64-40(59)11-12-41(60)66-25-67-42(61)65-24-39(58)50(63)27(2)18-35-33-10-8-29-20-31(54)14-16-44(29,4)48(33,52)37(56)22-46(35,50)6/h13-16,19-20,26-27,32-37,55-56,62-63H,7-12,17-18,21-25H2,1-6H3/t26-,27+,32?,33?,34?,35?,36+,37+,43+,44+,45+,46+,47+,48+,49+,50+/m1/s1. The summed E-state index contributed by atoms with van der Waals surface area (Å²) >= 11 is 0. The minimum atomic E-state index is -2.17. The monoisotopic (exact) mass is 940 g/mol. The topological polar surface area (TPSA) is 237 Å². The maximum absolute atomic E-state index is 17.5. The summed E-state index contributed by atoms with van der Waals surface area (Å²) in [6.45, 7) is 7.17. The van der Waals surface area contributed by atoms with Crippen LogP contribution in [0.3, 0.4) is 0 Å². The zero-order chi connectivity index (χ0) is 49.1. The van der Waals surface area contributed by atoms with Gasteiger partial charge in [0.1, 0.15) is 11.2 Å². The summed E-state index contributed by atoms with van der Waals surface area (Å²) in [4.78, 5) is 89.4. The molecule has 16 atom stereocenters. The molecule has 15 nitrogen and oxygen atoms in total. The van der Waals surface area contributed by atoms with Crippen LogP contribution in [0.2, 0.25) is 0 Å². The molecule has 4 unspecified atom stereocenters. The van der Waals surface area contributed by atoms with Crippen molar-refractivity contribution in [3.8, 4) is 0 Å². The molecule has 0 heterocycles. The van der Waals surface area contributed by atoms with Gasteiger partial charge in [0.2, 0.25) is 18.4 Å². The summed E-state index contributed by atoms with van der Waals surface area (Å²) in [5.74, 6) is -8.17. The van der Waals surface area contributed by atoms with Crippen molar-refractivity contribution >= 4 is 41.2 Å². The van der Waals surface area contributed by atoms with Crippen LogP contribution < -0.4 is 0 Å². The van der Waals surface area contributed by atoms with Crippen LogP contribution in [0.5, 0.6) is 0 Å². The molecule has 366 valence electrons. The average Bonchev–Trinajstić information content (AvgIpc) is 3.60. The number of aliphatic hydroxyl groups excluding tert-OH is 2. The van der Waals surface area contributed by atoms with E-state index < -0.39 is 154 Å². The van der Waals surface area contributed by atoms with Crippen LogP contribution in [0.1, 0.15) is 106 Å². The Balaban J connectivity index is 0.791. The van der Waals surface area contributed by atoms with E-state index in [2.05, 4.69) is 0 Å². The highest BCUT2D eigenvalue weighted by Crippen LogP contribution is 2.72. The Kier molecular flexibility index (Phi) is 11.9. The van der Waals surface area contributed by atoms with E-state index in [0.29, 0.717) is 36.8 Å². The smallest absolute Gasteiger partial charge is 0.458 e. The Morgan fingerprint density at radius 3 is 1.46 bits per heavy atom. The molecule has 4 N–H and O–H groups in total. The van der Waals surface area contributed by atoms with Crippen LogP contribution >= 0.6 is 0 Å². The van der Waals surface area contributed by atoms with Crippen molar-refractivity contribution in [3.05, 3.63) is 47.6 Å². The first-order valence-electron chi connectivity index (χ1n) is 23.4. The van der Waals surface area contributed by atoms with Gasteiger partial charge in [-0.1, -0.05) is 51.0 Å². The molecule has 0 aromatic rings. The number of ether oxygens (including phenoxy) is 4. The van der Waals surface area contributed by atoms with Crippen LogP contribution in [-0.4, -0.2) is 116 Å². The second kappa shape index (κ2) is 16.3. The maximum atomic E-state index is 17.5. The molecule has 8 rings (SSSR count). The first kappa shape index (κ1) is 49.0. The van der Waals surface area contributed by atoms with Gasteiger partial charge in [0.15, 0.2) is 36.1 Å². The molecule has 0 radical (unpaired) electrons. The van der Waals surface area contributed by atoms with E-state index in [4.69, 9.17) is 18.9 Å². The molecular weight excluding hydrogens is 879 g/mol. The lowest BCUT2D eigenvalue weighted by Crippen LogP contribution is -2.69. The molecule has 0 saturated heterocycles. The Morgan fingerprint density at radius 2 is 1.03 bits per heavy atom. The Labute approximate surface area is 387 Å². The first-order chi connectivity index (χ1) is 31.2. The maximum Gasteiger partial charge on any atom is 0.511 e. The highest BCUT2D eigenvalue weighted by molar-refractivity contribution is 6.02. The number of fused-ring (bicyclic) bond motifs is 10. The number of Topliss-reactive ketones (excluding diaryl/α,β-unsaturated/α-hetero) is 2. The van der Waals surface area contributed by atoms with E-state index >= 15 is 8.78 Å². The number of hydrogen-bond acceptors (Lipinski definition) is 15. The molecule has 6 fully saturated rings. The van der Waals surface area contributed by atoms with Gasteiger partial charge in [-0.25, -0.2) is 13.6 Å². The quantitative estimate of drug-likeness (QED) is 0.124. The average molecular weight is 941 g/mol. The van der Waals surface area contributed by atoms with Gasteiger partial charge in [0, 0.05) is 33.5 Å². The van der Waals surface area contributed by atoms with Gasteiger partial charge >= 0.3 is 18.1 Å². The normalized spacial score (nSPS) is 45.7. The van der Waals surface area contributed by atoms with Crippen LogP contribution in [-0.2, 0) is 47.7 Å². The predicted molar refractivity (Wildman–Crippen MR) is 229 cm³/mol. The number of carbonyl (C=O) groups excluding carboxylic acids is 7. The number of allylic oxidation sites excluding steroid dienone is 8. The Morgan fingerprint density at radius 1 is 0.627 bits per heavy atom. The highest BCUT2D eigenvalue weighted by Gasteiger charge is 2.77. The van der Waals surface area contributed by atoms with Crippen molar-refractivity contribution in [2.24, 2.45) is 57.2 Å². The van der Waals surface area contributed by atoms with Crippen molar-refractivity contribution < 1.29 is 81.7 Å². The van der Waals surface area contributed by atoms with Crippen LogP contribution in [0.4, 0.5) is 13.6 Å². The number of hydrogen-bond donors (Lipinski definition) is 4. The number of aliphatic hydroxyl groups is 4. The van der Waals surface area contributed by atoms with Gasteiger partial charge in [0.25, 0.3) is 0 Å². The third kappa shape index (κ3) is 6.70. The number of carbonyl (C=O) groups is 7. The zero-order valence-electron chi connectivity index (χ0n) is 38.8. The summed E-state index contributed by atoms with van der Waals surface area (Å²) < 4.78 is 54.7. The second-order valence-corrected chi connectivity index (χ2v) is 21.7. The van der Waals surface area contributed by atoms with Gasteiger partial charge in [-0.05, 0) is 113 Å². The number of rotatable bonds is 11. The molecule has 17 heteroatoms. The Hall–Kier alpha value is -4.45. The number of alkyl halides is 2. The molecule has 8 aliphatic rings. The summed E-state index contributed by atoms with van der Waals surface area (Å²) in [6.07, 6.45) is 4.16. The van der Waals surface area contributed by atoms with E-state index in [-0.39, 0.29) is 37.2 Å². The fourth-order valence-electron chi connectivity index (χ4n) is 15.3. The molecule has 0 aromatic heterocycles. The van der Waals surface area contributed by atoms with Crippen molar-refractivity contribution in [1.29, 1.82) is 0 Å². The summed E-state index contributed by atoms with van der Waals surface area (Å²) in [5.41, 5.74) is -12.5. The van der Waals surface area contributed by atoms with E-state index in [0.717, 1.165) is 0 Å². The van der Waals surface area contributed by atoms with Crippen molar-refractivity contribution in [1.82, 2.24) is 0 Å². The lowest BCUT2D eigenvalue weighted by atomic mass is 9.44. The minimum absolute atomic E-state index is 0.250. The predicted octanol–water partition coefficient (Wildman–Crippen LogP) is 4.80. The number of esters is 2. The lowest BCUT2D eigenvalue weighted by Gasteiger charge is -2.62. The van der Waals surface area contributed by atoms with Gasteiger partial charge in [-0.3, -0.25) is 28.8 Å². The number of ketones is 4. The molecule has 0 aromatic carbocycles. The van der Waals surface area contributed by atoms with E-state index in [1.807, 2.05) is 0 Å². The van der Waals surface area contributed by atoms with Crippen molar-refractivity contribution in [2.75, 3.05) is 20.0 Å². The molecule has 8 aliphatic carbocycles. The lowest BCUT2D eigenvalue weighted by molar-refractivity contribution is -0.220. The van der Waals surface area contributed by atoms with Crippen molar-refractivity contribution in [3.63, 3.8) is 0 Å². The molecule has 0 bridgehead atoms. The van der Waals surface area contributed by atoms with Crippen LogP contribution in [0.25, 0.3) is 0 Å². The van der Waals surface area contributed by atoms with E-state index in [1.54, 1.807) is 41.5 Å². The minimum Gasteiger partial charge on any atom is -0.458 e. The van der Waals surface area contributed by atoms with Gasteiger partial charge < -0.3 is 39.4 Å². The third-order valence-corrected chi connectivity index (χ3v) is 18.9. The van der Waals surface area contributed by atoms with Gasteiger partial charge in [-0.2, -0.15) is 0 Å². The van der Waals surface area contributed by atoms with E-state index in [9.17, 15) is 54.0 Å². The molecule has 6 saturated carbocycles. The molecular formula is C50H62F2O15. The largest absolute Gasteiger partial charge is 0.511 e. The fourth-order valence-corrected chi connectivity index (χ4v) is 15.3. The van der Waals surface area contributed by atoms with Gasteiger partial charge in [-0.15, -0.1) is 0 Å². The zero-order valence-corrected chi connectivity index (χ0v) is 38.8. The SMILES string of the molecule is C[C@@H]1CC2C3CCC4=CC(=O)C=C[C@]4(C)[C@@]3(F)[C@@H](O)C[C@]2(C)[C@@]1(O)C(=O)COC(=O)CCC(=O)OCOC(=O)OCC(=O)[C@@]1(O)[C@@H](C)CC2C3CCC4=CC(=O)C=C[C@]4(C)[C@@]3(F)[C@@H](O)C[C@@]21C. The van der Waals surface area contributed by atoms with E-state index in [1.165, 1.54) is 36.5 Å². The molecule has 67 heavy (non-hydrogen) atoms.